The Morgan fingerprint density at radius 2 is 1.43 bits per heavy atom. The van der Waals surface area contributed by atoms with Crippen LogP contribution in [-0.2, 0) is 16.4 Å². The van der Waals surface area contributed by atoms with Crippen LogP contribution >= 0.6 is 0 Å². The molecule has 0 aliphatic heterocycles. The fourth-order valence-corrected chi connectivity index (χ4v) is 8.32. The fraction of sp³-hybridized carbons (Fsp3) is 0.571. The van der Waals surface area contributed by atoms with Crippen LogP contribution in [-0.4, -0.2) is 26.5 Å². The van der Waals surface area contributed by atoms with Crippen LogP contribution in [0, 0.1) is 17.8 Å². The van der Waals surface area contributed by atoms with E-state index in [1.54, 1.807) is 32.9 Å². The standard InChI is InChI=1S/C28H34F3NO2S/c1-26(2,3)35(33)32(4)25(28(29,30)31)19-5-9-23(10-6-19)34-24-11-7-22(8-12-24)27-15-18-13-20(16-27)21(14-18)17-27/h5-12,18,20-21,25H,13-17H2,1-4H3. The maximum atomic E-state index is 13.9. The molecule has 0 N–H and O–H groups in total. The van der Waals surface area contributed by atoms with Gasteiger partial charge in [-0.15, -0.1) is 0 Å². The molecule has 4 atom stereocenters. The summed E-state index contributed by atoms with van der Waals surface area (Å²) in [5.74, 6) is 3.85. The molecule has 2 aromatic carbocycles. The second-order valence-electron chi connectivity index (χ2n) is 11.8. The number of hydrogen-bond donors (Lipinski definition) is 0. The van der Waals surface area contributed by atoms with Gasteiger partial charge in [0.1, 0.15) is 28.5 Å². The third-order valence-corrected chi connectivity index (χ3v) is 10.1. The molecule has 4 aliphatic rings. The molecule has 4 fully saturated rings. The Kier molecular flexibility index (Phi) is 6.11. The molecular weight excluding hydrogens is 471 g/mol. The molecule has 0 heterocycles. The Morgan fingerprint density at radius 3 is 1.89 bits per heavy atom. The van der Waals surface area contributed by atoms with E-state index in [9.17, 15) is 17.4 Å². The van der Waals surface area contributed by atoms with E-state index in [0.29, 0.717) is 16.9 Å². The molecule has 0 saturated heterocycles. The predicted octanol–water partition coefficient (Wildman–Crippen LogP) is 7.55. The zero-order valence-corrected chi connectivity index (χ0v) is 21.6. The molecule has 0 amide bonds. The molecule has 0 radical (unpaired) electrons. The molecule has 3 nitrogen and oxygen atoms in total. The lowest BCUT2D eigenvalue weighted by Gasteiger charge is -2.39. The first-order valence-corrected chi connectivity index (χ1v) is 13.6. The van der Waals surface area contributed by atoms with E-state index in [0.717, 1.165) is 22.1 Å². The average molecular weight is 506 g/mol. The Balaban J connectivity index is 1.29. The Labute approximate surface area is 208 Å². The lowest BCUT2D eigenvalue weighted by Crippen LogP contribution is -2.42. The van der Waals surface area contributed by atoms with Gasteiger partial charge in [-0.25, -0.2) is 8.51 Å². The summed E-state index contributed by atoms with van der Waals surface area (Å²) in [7, 11) is -0.562. The lowest BCUT2D eigenvalue weighted by atomic mass is 9.66. The van der Waals surface area contributed by atoms with E-state index in [-0.39, 0.29) is 5.56 Å². The van der Waals surface area contributed by atoms with Gasteiger partial charge in [0.25, 0.3) is 0 Å². The number of alkyl halides is 3. The summed E-state index contributed by atoms with van der Waals surface area (Å²) in [6, 6.07) is 12.2. The second kappa shape index (κ2) is 8.62. The molecule has 4 aliphatic carbocycles. The number of hydrogen-bond acceptors (Lipinski definition) is 2. The van der Waals surface area contributed by atoms with Crippen LogP contribution in [0.2, 0.25) is 0 Å². The van der Waals surface area contributed by atoms with Gasteiger partial charge in [-0.2, -0.15) is 13.2 Å². The minimum atomic E-state index is -4.56. The normalized spacial score (nSPS) is 29.5. The van der Waals surface area contributed by atoms with Gasteiger partial charge in [-0.05, 0) is 111 Å². The molecule has 190 valence electrons. The van der Waals surface area contributed by atoms with E-state index >= 15 is 0 Å². The van der Waals surface area contributed by atoms with Gasteiger partial charge in [-0.3, -0.25) is 0 Å². The average Bonchev–Trinajstić information content (AvgIpc) is 3.20. The molecule has 6 rings (SSSR count). The Hall–Kier alpha value is -1.86. The van der Waals surface area contributed by atoms with E-state index in [1.165, 1.54) is 56.8 Å². The molecule has 4 saturated carbocycles. The van der Waals surface area contributed by atoms with Crippen LogP contribution in [0.3, 0.4) is 0 Å². The number of rotatable bonds is 6. The first-order valence-electron chi connectivity index (χ1n) is 12.5. The summed E-state index contributed by atoms with van der Waals surface area (Å²) in [6.07, 6.45) is 2.19. The van der Waals surface area contributed by atoms with Crippen molar-refractivity contribution in [3.05, 3.63) is 59.7 Å². The highest BCUT2D eigenvalue weighted by atomic mass is 32.2. The third-order valence-electron chi connectivity index (χ3n) is 8.28. The van der Waals surface area contributed by atoms with Crippen molar-refractivity contribution in [3.63, 3.8) is 0 Å². The summed E-state index contributed by atoms with van der Waals surface area (Å²) < 4.78 is 60.5. The zero-order valence-electron chi connectivity index (χ0n) is 20.8. The smallest absolute Gasteiger partial charge is 0.409 e. The van der Waals surface area contributed by atoms with Crippen LogP contribution in [0.4, 0.5) is 13.2 Å². The predicted molar refractivity (Wildman–Crippen MR) is 133 cm³/mol. The van der Waals surface area contributed by atoms with E-state index in [2.05, 4.69) is 12.1 Å². The summed E-state index contributed by atoms with van der Waals surface area (Å²) >= 11 is 0. The first kappa shape index (κ1) is 24.8. The topological polar surface area (TPSA) is 29.5 Å². The van der Waals surface area contributed by atoms with E-state index in [4.69, 9.17) is 4.74 Å². The molecule has 35 heavy (non-hydrogen) atoms. The van der Waals surface area contributed by atoms with Gasteiger partial charge < -0.3 is 4.74 Å². The highest BCUT2D eigenvalue weighted by Gasteiger charge is 2.56. The molecule has 0 spiro atoms. The van der Waals surface area contributed by atoms with Crippen LogP contribution < -0.4 is 4.74 Å². The van der Waals surface area contributed by atoms with Crippen LogP contribution in [0.15, 0.2) is 48.5 Å². The molecule has 0 aromatic heterocycles. The number of benzene rings is 2. The van der Waals surface area contributed by atoms with Crippen LogP contribution in [0.1, 0.15) is 70.0 Å². The van der Waals surface area contributed by atoms with Gasteiger partial charge in [0.05, 0.1) is 4.75 Å². The monoisotopic (exact) mass is 505 g/mol. The quantitative estimate of drug-likeness (QED) is 0.406. The van der Waals surface area contributed by atoms with Crippen molar-refractivity contribution < 1.29 is 22.1 Å². The number of nitrogens with zero attached hydrogens (tertiary/aromatic N) is 1. The Bertz CT molecular complexity index is 1070. The first-order chi connectivity index (χ1) is 16.4. The third kappa shape index (κ3) is 4.66. The maximum absolute atomic E-state index is 13.9. The van der Waals surface area contributed by atoms with E-state index < -0.39 is 28.0 Å². The Morgan fingerprint density at radius 1 is 0.914 bits per heavy atom. The van der Waals surface area contributed by atoms with Crippen molar-refractivity contribution in [2.75, 3.05) is 7.05 Å². The van der Waals surface area contributed by atoms with Gasteiger partial charge in [0.2, 0.25) is 0 Å². The van der Waals surface area contributed by atoms with E-state index in [1.807, 2.05) is 12.1 Å². The second-order valence-corrected chi connectivity index (χ2v) is 14.1. The van der Waals surface area contributed by atoms with Crippen molar-refractivity contribution in [3.8, 4) is 11.5 Å². The SMILES string of the molecule is CN(C(c1ccc(Oc2ccc(C34CC5CC(C3)C(C5)C4)cc2)cc1)C(F)(F)F)S(=O)C(C)(C)C. The zero-order chi connectivity index (χ0) is 25.2. The molecule has 2 aromatic rings. The summed E-state index contributed by atoms with van der Waals surface area (Å²) in [5.41, 5.74) is 1.77. The minimum absolute atomic E-state index is 0.0334. The van der Waals surface area contributed by atoms with Crippen molar-refractivity contribution in [1.82, 2.24) is 4.31 Å². The summed E-state index contributed by atoms with van der Waals surface area (Å²) in [6.45, 7) is 4.99. The van der Waals surface area contributed by atoms with Gasteiger partial charge in [0, 0.05) is 7.05 Å². The van der Waals surface area contributed by atoms with Gasteiger partial charge in [-0.1, -0.05) is 24.3 Å². The van der Waals surface area contributed by atoms with Crippen molar-refractivity contribution in [2.24, 2.45) is 17.8 Å². The van der Waals surface area contributed by atoms with Crippen LogP contribution in [0.5, 0.6) is 11.5 Å². The summed E-state index contributed by atoms with van der Waals surface area (Å²) in [4.78, 5) is 0. The van der Waals surface area contributed by atoms with Crippen LogP contribution in [0.25, 0.3) is 0 Å². The minimum Gasteiger partial charge on any atom is -0.457 e. The molecule has 7 heteroatoms. The maximum Gasteiger partial charge on any atom is 0.409 e. The van der Waals surface area contributed by atoms with Crippen molar-refractivity contribution in [1.29, 1.82) is 0 Å². The summed E-state index contributed by atoms with van der Waals surface area (Å²) in [5, 5.41) is 0. The molecule has 4 bridgehead atoms. The largest absolute Gasteiger partial charge is 0.457 e. The highest BCUT2D eigenvalue weighted by Crippen LogP contribution is 2.64. The van der Waals surface area contributed by atoms with Crippen molar-refractivity contribution >= 4 is 11.0 Å². The number of ether oxygens (including phenoxy) is 1. The molecular formula is C28H34F3NO2S. The van der Waals surface area contributed by atoms with Gasteiger partial charge in [0.15, 0.2) is 0 Å². The number of halogens is 3. The van der Waals surface area contributed by atoms with Gasteiger partial charge >= 0.3 is 6.18 Å². The van der Waals surface area contributed by atoms with Crippen molar-refractivity contribution in [2.45, 2.75) is 75.3 Å². The lowest BCUT2D eigenvalue weighted by molar-refractivity contribution is -0.170. The fourth-order valence-electron chi connectivity index (χ4n) is 7.03. The highest BCUT2D eigenvalue weighted by molar-refractivity contribution is 7.84. The molecule has 4 unspecified atom stereocenters.